The van der Waals surface area contributed by atoms with E-state index in [0.29, 0.717) is 35.7 Å². The fourth-order valence-corrected chi connectivity index (χ4v) is 5.70. The second kappa shape index (κ2) is 5.30. The third kappa shape index (κ3) is 2.03. The van der Waals surface area contributed by atoms with Gasteiger partial charge >= 0.3 is 5.70 Å². The second-order valence-corrected chi connectivity index (χ2v) is 7.84. The van der Waals surface area contributed by atoms with Gasteiger partial charge in [-0.15, -0.1) is 0 Å². The molecule has 128 valence electrons. The van der Waals surface area contributed by atoms with Crippen LogP contribution in [0.3, 0.4) is 0 Å². The van der Waals surface area contributed by atoms with Crippen LogP contribution in [0.25, 0.3) is 0 Å². The van der Waals surface area contributed by atoms with Crippen LogP contribution >= 0.6 is 0 Å². The normalized spacial score (nSPS) is 40.6. The molecule has 4 aliphatic carbocycles. The maximum Gasteiger partial charge on any atom is 0.307 e. The Labute approximate surface area is 141 Å². The van der Waals surface area contributed by atoms with Gasteiger partial charge in [-0.2, -0.15) is 0 Å². The molecule has 0 N–H and O–H groups in total. The molecule has 2 fully saturated rings. The average molecular weight is 329 g/mol. The van der Waals surface area contributed by atoms with Crippen LogP contribution in [0, 0.1) is 39.2 Å². The molecule has 0 bridgehead atoms. The highest BCUT2D eigenvalue weighted by atomic mass is 16.6. The zero-order valence-corrected chi connectivity index (χ0v) is 14.2. The number of nitro groups is 1. The molecule has 0 heterocycles. The molecule has 0 unspecified atom stereocenters. The summed E-state index contributed by atoms with van der Waals surface area (Å²) in [6.07, 6.45) is 10.4. The van der Waals surface area contributed by atoms with E-state index < -0.39 is 0 Å². The number of hydrogen-bond donors (Lipinski definition) is 0. The van der Waals surface area contributed by atoms with E-state index >= 15 is 0 Å². The van der Waals surface area contributed by atoms with Gasteiger partial charge in [0.15, 0.2) is 5.76 Å². The van der Waals surface area contributed by atoms with E-state index in [1.165, 1.54) is 7.11 Å². The number of hydrogen-bond acceptors (Lipinski definition) is 4. The van der Waals surface area contributed by atoms with Gasteiger partial charge in [0.1, 0.15) is 5.78 Å². The van der Waals surface area contributed by atoms with Crippen molar-refractivity contribution in [2.75, 3.05) is 7.11 Å². The molecule has 2 saturated carbocycles. The van der Waals surface area contributed by atoms with Crippen molar-refractivity contribution in [1.82, 2.24) is 0 Å². The molecule has 0 spiro atoms. The Morgan fingerprint density at radius 2 is 2.12 bits per heavy atom. The molecule has 0 saturated heterocycles. The summed E-state index contributed by atoms with van der Waals surface area (Å²) in [4.78, 5) is 23.4. The van der Waals surface area contributed by atoms with E-state index in [2.05, 4.69) is 13.0 Å². The Hall–Kier alpha value is -1.91. The fraction of sp³-hybridized carbons (Fsp3) is 0.632. The summed E-state index contributed by atoms with van der Waals surface area (Å²) < 4.78 is 5.22. The van der Waals surface area contributed by atoms with Gasteiger partial charge < -0.3 is 4.74 Å². The number of allylic oxidation sites excluding steroid dienone is 4. The maximum absolute atomic E-state index is 12.4. The largest absolute Gasteiger partial charge is 0.490 e. The van der Waals surface area contributed by atoms with Crippen molar-refractivity contribution < 1.29 is 14.5 Å². The molecule has 0 aromatic heterocycles. The van der Waals surface area contributed by atoms with Crippen molar-refractivity contribution in [2.24, 2.45) is 29.1 Å². The molecule has 0 aromatic rings. The number of fused-ring (bicyclic) bond motifs is 5. The predicted molar refractivity (Wildman–Crippen MR) is 88.4 cm³/mol. The Morgan fingerprint density at radius 3 is 2.83 bits per heavy atom. The van der Waals surface area contributed by atoms with Gasteiger partial charge in [-0.25, -0.2) is 0 Å². The van der Waals surface area contributed by atoms with Crippen LogP contribution in [-0.2, 0) is 9.53 Å². The number of ketones is 1. The van der Waals surface area contributed by atoms with Gasteiger partial charge in [-0.1, -0.05) is 13.0 Å². The van der Waals surface area contributed by atoms with Crippen LogP contribution in [0.4, 0.5) is 0 Å². The molecule has 5 nitrogen and oxygen atoms in total. The Bertz CT molecular complexity index is 704. The number of ether oxygens (including phenoxy) is 1. The van der Waals surface area contributed by atoms with Crippen LogP contribution in [0.5, 0.6) is 0 Å². The van der Waals surface area contributed by atoms with Crippen LogP contribution in [-0.4, -0.2) is 17.8 Å². The minimum Gasteiger partial charge on any atom is -0.490 e. The van der Waals surface area contributed by atoms with E-state index in [1.807, 2.05) is 6.08 Å². The van der Waals surface area contributed by atoms with Gasteiger partial charge in [0.05, 0.1) is 12.0 Å². The predicted octanol–water partition coefficient (Wildman–Crippen LogP) is 3.65. The quantitative estimate of drug-likeness (QED) is 0.573. The van der Waals surface area contributed by atoms with Crippen molar-refractivity contribution in [2.45, 2.75) is 39.0 Å². The first-order valence-corrected chi connectivity index (χ1v) is 8.81. The lowest BCUT2D eigenvalue weighted by molar-refractivity contribution is -0.424. The fourth-order valence-electron chi connectivity index (χ4n) is 5.70. The van der Waals surface area contributed by atoms with Gasteiger partial charge in [0.2, 0.25) is 0 Å². The first kappa shape index (κ1) is 15.6. The highest BCUT2D eigenvalue weighted by Gasteiger charge is 2.55. The second-order valence-electron chi connectivity index (χ2n) is 7.84. The smallest absolute Gasteiger partial charge is 0.307 e. The molecule has 5 atom stereocenters. The van der Waals surface area contributed by atoms with Crippen molar-refractivity contribution in [3.05, 3.63) is 45.4 Å². The molecular formula is C19H23NO4. The molecule has 0 aliphatic heterocycles. The summed E-state index contributed by atoms with van der Waals surface area (Å²) in [6, 6.07) is 0. The number of nitrogens with zero attached hydrogens (tertiary/aromatic N) is 1. The van der Waals surface area contributed by atoms with Gasteiger partial charge in [0, 0.05) is 23.8 Å². The number of Topliss-reactive ketones (excluding diaryl/α,β-unsaturated/α-hetero) is 1. The Morgan fingerprint density at radius 1 is 1.33 bits per heavy atom. The lowest BCUT2D eigenvalue weighted by atomic mass is 9.54. The SMILES string of the molecule is COC1=CC2=CC[C@@H]3[C@H](CC[C@]4(C)C(=O)CC[C@@H]34)[C@H]2C=C1[N+](=O)[O-]. The molecule has 4 rings (SSSR count). The number of carbonyl (C=O) groups excluding carboxylic acids is 1. The monoisotopic (exact) mass is 329 g/mol. The summed E-state index contributed by atoms with van der Waals surface area (Å²) in [5.41, 5.74) is 1.06. The molecule has 0 aromatic carbocycles. The van der Waals surface area contributed by atoms with Crippen molar-refractivity contribution in [3.63, 3.8) is 0 Å². The number of carbonyl (C=O) groups is 1. The average Bonchev–Trinajstić information content (AvgIpc) is 2.88. The first-order valence-electron chi connectivity index (χ1n) is 8.81. The van der Waals surface area contributed by atoms with Gasteiger partial charge in [-0.05, 0) is 55.1 Å². The lowest BCUT2D eigenvalue weighted by Gasteiger charge is -2.49. The summed E-state index contributed by atoms with van der Waals surface area (Å²) >= 11 is 0. The Balaban J connectivity index is 1.71. The third-order valence-corrected chi connectivity index (χ3v) is 6.98. The lowest BCUT2D eigenvalue weighted by Crippen LogP contribution is -2.45. The summed E-state index contributed by atoms with van der Waals surface area (Å²) in [5.74, 6) is 2.15. The van der Waals surface area contributed by atoms with Crippen molar-refractivity contribution in [3.8, 4) is 0 Å². The first-order chi connectivity index (χ1) is 11.5. The van der Waals surface area contributed by atoms with Gasteiger partial charge in [-0.3, -0.25) is 14.9 Å². The minimum absolute atomic E-state index is 0.0798. The molecular weight excluding hydrogens is 306 g/mol. The standard InChI is InChI=1S/C19H23NO4/c1-19-8-7-12-13(15(19)5-6-18(19)21)4-3-11-9-17(24-2)16(20(22)23)10-14(11)12/h3,9-10,12-15H,4-8H2,1-2H3/t12-,13+,14-,15-,19-/m0/s1. The summed E-state index contributed by atoms with van der Waals surface area (Å²) in [7, 11) is 1.48. The van der Waals surface area contributed by atoms with Crippen molar-refractivity contribution in [1.29, 1.82) is 0 Å². The van der Waals surface area contributed by atoms with Crippen LogP contribution in [0.2, 0.25) is 0 Å². The highest BCUT2D eigenvalue weighted by molar-refractivity contribution is 5.87. The number of methoxy groups -OCH3 is 1. The third-order valence-electron chi connectivity index (χ3n) is 6.98. The van der Waals surface area contributed by atoms with E-state index in [0.717, 1.165) is 31.3 Å². The van der Waals surface area contributed by atoms with E-state index in [4.69, 9.17) is 4.74 Å². The van der Waals surface area contributed by atoms with Crippen LogP contribution in [0.15, 0.2) is 35.3 Å². The molecule has 0 amide bonds. The van der Waals surface area contributed by atoms with E-state index in [1.54, 1.807) is 6.08 Å². The molecule has 0 radical (unpaired) electrons. The zero-order chi connectivity index (χ0) is 17.1. The maximum atomic E-state index is 12.4. The topological polar surface area (TPSA) is 69.4 Å². The molecule has 5 heteroatoms. The van der Waals surface area contributed by atoms with Gasteiger partial charge in [0.25, 0.3) is 0 Å². The van der Waals surface area contributed by atoms with E-state index in [-0.39, 0.29) is 22.0 Å². The van der Waals surface area contributed by atoms with Crippen LogP contribution < -0.4 is 0 Å². The highest BCUT2D eigenvalue weighted by Crippen LogP contribution is 2.59. The minimum atomic E-state index is -0.345. The summed E-state index contributed by atoms with van der Waals surface area (Å²) in [5, 5.41) is 11.4. The van der Waals surface area contributed by atoms with Crippen LogP contribution in [0.1, 0.15) is 39.0 Å². The number of rotatable bonds is 2. The Kier molecular flexibility index (Phi) is 3.44. The zero-order valence-electron chi connectivity index (χ0n) is 14.2. The van der Waals surface area contributed by atoms with Crippen molar-refractivity contribution >= 4 is 5.78 Å². The van der Waals surface area contributed by atoms with E-state index in [9.17, 15) is 14.9 Å². The molecule has 24 heavy (non-hydrogen) atoms. The molecule has 4 aliphatic rings. The summed E-state index contributed by atoms with van der Waals surface area (Å²) in [6.45, 7) is 2.14.